The molecule has 2 aliphatic rings. The van der Waals surface area contributed by atoms with E-state index in [1.807, 2.05) is 6.92 Å². The van der Waals surface area contributed by atoms with Gasteiger partial charge in [-0.2, -0.15) is 4.31 Å². The Balaban J connectivity index is 1.41. The number of carbonyl (C=O) groups excluding carboxylic acids is 2. The van der Waals surface area contributed by atoms with Gasteiger partial charge in [-0.3, -0.25) is 4.79 Å². The van der Waals surface area contributed by atoms with Crippen molar-refractivity contribution in [1.29, 1.82) is 0 Å². The largest absolute Gasteiger partial charge is 0.464 e. The molecule has 5 N–H and O–H groups in total. The zero-order chi connectivity index (χ0) is 27.9. The van der Waals surface area contributed by atoms with Gasteiger partial charge in [-0.25, -0.2) is 18.2 Å². The molecule has 4 heterocycles. The van der Waals surface area contributed by atoms with Crippen LogP contribution in [0.25, 0.3) is 10.9 Å². The maximum Gasteiger partial charge on any atom is 0.330 e. The number of nitrogens with zero attached hydrogens (tertiary/aromatic N) is 4. The fourth-order valence-corrected chi connectivity index (χ4v) is 7.23. The van der Waals surface area contributed by atoms with Gasteiger partial charge in [0.25, 0.3) is 15.9 Å². The van der Waals surface area contributed by atoms with Crippen molar-refractivity contribution < 1.29 is 28.0 Å². The Morgan fingerprint density at radius 2 is 2.10 bits per heavy atom. The number of nitrogens with two attached hydrogens (primary N) is 1. The zero-order valence-electron chi connectivity index (χ0n) is 21.4. The maximum absolute atomic E-state index is 13.6. The number of amides is 1. The van der Waals surface area contributed by atoms with Crippen molar-refractivity contribution in [3.05, 3.63) is 45.4 Å². The molecule has 1 fully saturated rings. The van der Waals surface area contributed by atoms with Gasteiger partial charge in [0, 0.05) is 60.0 Å². The summed E-state index contributed by atoms with van der Waals surface area (Å²) in [5, 5.41) is 16.0. The average molecular weight is 576 g/mol. The predicted molar refractivity (Wildman–Crippen MR) is 143 cm³/mol. The van der Waals surface area contributed by atoms with Crippen LogP contribution < -0.4 is 11.1 Å². The van der Waals surface area contributed by atoms with Crippen molar-refractivity contribution >= 4 is 50.0 Å². The smallest absolute Gasteiger partial charge is 0.330 e. The third-order valence-electron chi connectivity index (χ3n) is 6.85. The van der Waals surface area contributed by atoms with Gasteiger partial charge in [-0.15, -0.1) is 11.3 Å². The highest BCUT2D eigenvalue weighted by Gasteiger charge is 2.42. The van der Waals surface area contributed by atoms with Crippen LogP contribution in [0.3, 0.4) is 0 Å². The van der Waals surface area contributed by atoms with Crippen LogP contribution in [-0.2, 0) is 32.5 Å². The van der Waals surface area contributed by atoms with Crippen LogP contribution in [0, 0.1) is 0 Å². The Bertz CT molecular complexity index is 1560. The molecule has 0 saturated carbocycles. The van der Waals surface area contributed by atoms with Gasteiger partial charge in [0.2, 0.25) is 0 Å². The number of fused-ring (bicyclic) bond motifs is 2. The number of benzene rings is 1. The lowest BCUT2D eigenvalue weighted by Gasteiger charge is -2.38. The highest BCUT2D eigenvalue weighted by atomic mass is 32.2. The quantitative estimate of drug-likeness (QED) is 0.109. The first-order valence-electron chi connectivity index (χ1n) is 12.4. The number of piperazine rings is 1. The van der Waals surface area contributed by atoms with Crippen LogP contribution in [-0.4, -0.2) is 88.8 Å². The molecule has 0 aliphatic carbocycles. The molecule has 39 heavy (non-hydrogen) atoms. The summed E-state index contributed by atoms with van der Waals surface area (Å²) in [6.07, 6.45) is 0.706. The molecule has 2 unspecified atom stereocenters. The summed E-state index contributed by atoms with van der Waals surface area (Å²) >= 11 is 1.29. The van der Waals surface area contributed by atoms with Gasteiger partial charge < -0.3 is 30.9 Å². The number of aromatic nitrogens is 2. The summed E-state index contributed by atoms with van der Waals surface area (Å²) in [6.45, 7) is 4.13. The molecule has 2 atom stereocenters. The van der Waals surface area contributed by atoms with Crippen molar-refractivity contribution in [3.8, 4) is 0 Å². The maximum atomic E-state index is 13.6. The molecular weight excluding hydrogens is 546 g/mol. The van der Waals surface area contributed by atoms with Crippen molar-refractivity contribution in [2.45, 2.75) is 43.9 Å². The van der Waals surface area contributed by atoms with E-state index in [9.17, 15) is 18.0 Å². The number of ether oxygens (including phenoxy) is 1. The van der Waals surface area contributed by atoms with E-state index in [2.05, 4.69) is 20.4 Å². The van der Waals surface area contributed by atoms with E-state index < -0.39 is 27.9 Å². The van der Waals surface area contributed by atoms with Crippen LogP contribution in [0.2, 0.25) is 0 Å². The van der Waals surface area contributed by atoms with E-state index in [1.165, 1.54) is 26.6 Å². The fraction of sp³-hybridized carbons (Fsp3) is 0.417. The summed E-state index contributed by atoms with van der Waals surface area (Å²) in [7, 11) is -4.07. The number of esters is 1. The van der Waals surface area contributed by atoms with E-state index in [0.717, 1.165) is 10.6 Å². The van der Waals surface area contributed by atoms with Crippen molar-refractivity contribution in [3.63, 3.8) is 0 Å². The lowest BCUT2D eigenvalue weighted by Crippen LogP contribution is -2.59. The molecule has 2 aromatic heterocycles. The van der Waals surface area contributed by atoms with E-state index in [-0.39, 0.29) is 48.2 Å². The topological polar surface area (TPSA) is 183 Å². The molecule has 0 bridgehead atoms. The lowest BCUT2D eigenvalue weighted by molar-refractivity contribution is -0.149. The third-order valence-corrected chi connectivity index (χ3v) is 9.72. The number of hydrogen-bond acceptors (Lipinski definition) is 10. The first-order valence-corrected chi connectivity index (χ1v) is 14.7. The van der Waals surface area contributed by atoms with Crippen LogP contribution in [0.4, 0.5) is 0 Å². The SMILES string of the molecule is CCOC(=O)C1CN(S(=O)(=O)c2cc3cc(/C(N)=N\O)ccc3[nH]2)CCN1C(=O)c1nc2c(s1)CNC(C)C2. The summed E-state index contributed by atoms with van der Waals surface area (Å²) in [6, 6.07) is 5.39. The predicted octanol–water partition coefficient (Wildman–Crippen LogP) is 0.832. The highest BCUT2D eigenvalue weighted by Crippen LogP contribution is 2.28. The highest BCUT2D eigenvalue weighted by molar-refractivity contribution is 7.89. The van der Waals surface area contributed by atoms with Crippen LogP contribution >= 0.6 is 11.3 Å². The second-order valence-corrected chi connectivity index (χ2v) is 12.4. The first-order chi connectivity index (χ1) is 18.6. The molecule has 1 amide bonds. The molecule has 13 nitrogen and oxygen atoms in total. The molecule has 3 aromatic rings. The molecule has 15 heteroatoms. The molecule has 0 radical (unpaired) electrons. The van der Waals surface area contributed by atoms with Crippen LogP contribution in [0.15, 0.2) is 34.4 Å². The third kappa shape index (κ3) is 5.09. The van der Waals surface area contributed by atoms with E-state index in [0.29, 0.717) is 29.4 Å². The van der Waals surface area contributed by atoms with Gasteiger partial charge in [0.1, 0.15) is 11.1 Å². The minimum Gasteiger partial charge on any atom is -0.464 e. The minimum atomic E-state index is -4.07. The van der Waals surface area contributed by atoms with Gasteiger partial charge in [-0.1, -0.05) is 5.16 Å². The normalized spacial score (nSPS) is 20.7. The molecule has 1 aromatic carbocycles. The summed E-state index contributed by atoms with van der Waals surface area (Å²) in [4.78, 5) is 36.2. The van der Waals surface area contributed by atoms with Gasteiger partial charge in [0.15, 0.2) is 10.8 Å². The first kappa shape index (κ1) is 27.1. The number of rotatable bonds is 6. The van der Waals surface area contributed by atoms with E-state index in [1.54, 1.807) is 25.1 Å². The minimum absolute atomic E-state index is 0.00564. The summed E-state index contributed by atoms with van der Waals surface area (Å²) in [5.41, 5.74) is 7.49. The van der Waals surface area contributed by atoms with Crippen molar-refractivity contribution in [2.75, 3.05) is 26.2 Å². The molecule has 5 rings (SSSR count). The standard InChI is InChI=1S/C24H29N7O6S2/c1-3-37-24(33)18-12-30(6-7-31(18)23(32)22-28-17-8-13(2)26-11-19(17)38-22)39(35,36)20-10-15-9-14(21(25)29-34)4-5-16(15)27-20/h4-5,9-10,13,18,26-27,34H,3,6-8,11-12H2,1-2H3,(H2,25,29). The summed E-state index contributed by atoms with van der Waals surface area (Å²) < 4.78 is 33.6. The number of oxime groups is 1. The number of aromatic amines is 1. The second kappa shape index (κ2) is 10.6. The Kier molecular flexibility index (Phi) is 7.33. The van der Waals surface area contributed by atoms with Gasteiger partial charge in [0.05, 0.1) is 12.3 Å². The average Bonchev–Trinajstić information content (AvgIpc) is 3.56. The molecule has 0 spiro atoms. The van der Waals surface area contributed by atoms with Crippen LogP contribution in [0.5, 0.6) is 0 Å². The number of amidine groups is 1. The monoisotopic (exact) mass is 575 g/mol. The fourth-order valence-electron chi connectivity index (χ4n) is 4.78. The van der Waals surface area contributed by atoms with Crippen LogP contribution in [0.1, 0.15) is 39.8 Å². The van der Waals surface area contributed by atoms with Crippen molar-refractivity contribution in [1.82, 2.24) is 24.5 Å². The zero-order valence-corrected chi connectivity index (χ0v) is 23.0. The Labute approximate surface area is 228 Å². The molecule has 208 valence electrons. The van der Waals surface area contributed by atoms with Gasteiger partial charge in [-0.05, 0) is 38.1 Å². The Morgan fingerprint density at radius 1 is 1.31 bits per heavy atom. The Morgan fingerprint density at radius 3 is 2.85 bits per heavy atom. The van der Waals surface area contributed by atoms with Gasteiger partial charge >= 0.3 is 5.97 Å². The summed E-state index contributed by atoms with van der Waals surface area (Å²) in [5.74, 6) is -1.20. The van der Waals surface area contributed by atoms with E-state index >= 15 is 0 Å². The number of sulfonamides is 1. The number of carbonyl (C=O) groups is 2. The number of hydrogen-bond donors (Lipinski definition) is 4. The molecule has 1 saturated heterocycles. The number of thiazole rings is 1. The number of H-pyrrole nitrogens is 1. The van der Waals surface area contributed by atoms with Crippen molar-refractivity contribution in [2.24, 2.45) is 10.9 Å². The van der Waals surface area contributed by atoms with E-state index in [4.69, 9.17) is 15.7 Å². The molecular formula is C24H29N7O6S2. The number of nitrogens with one attached hydrogen (secondary N) is 2. The Hall–Kier alpha value is -3.53. The molecule has 2 aliphatic heterocycles. The second-order valence-electron chi connectivity index (χ2n) is 9.43. The lowest BCUT2D eigenvalue weighted by atomic mass is 10.1.